The number of hydrogen-bond acceptors (Lipinski definition) is 5. The minimum Gasteiger partial charge on any atom is -0.373 e. The molecule has 5 nitrogen and oxygen atoms in total. The predicted octanol–water partition coefficient (Wildman–Crippen LogP) is 2.24. The third-order valence-corrected chi connectivity index (χ3v) is 5.08. The van der Waals surface area contributed by atoms with Crippen molar-refractivity contribution < 1.29 is 9.26 Å². The van der Waals surface area contributed by atoms with Crippen molar-refractivity contribution in [3.05, 3.63) is 11.7 Å². The third kappa shape index (κ3) is 2.49. The Morgan fingerprint density at radius 3 is 2.65 bits per heavy atom. The van der Waals surface area contributed by atoms with Crippen molar-refractivity contribution in [1.82, 2.24) is 15.5 Å². The van der Waals surface area contributed by atoms with E-state index in [9.17, 15) is 0 Å². The second-order valence-corrected chi connectivity index (χ2v) is 6.72. The molecule has 5 heteroatoms. The average molecular weight is 277 g/mol. The van der Waals surface area contributed by atoms with Crippen molar-refractivity contribution in [3.63, 3.8) is 0 Å². The molecule has 2 bridgehead atoms. The van der Waals surface area contributed by atoms with E-state index in [1.807, 2.05) is 0 Å². The molecule has 1 saturated carbocycles. The summed E-state index contributed by atoms with van der Waals surface area (Å²) in [6.07, 6.45) is 8.60. The van der Waals surface area contributed by atoms with E-state index in [0.717, 1.165) is 30.2 Å². The average Bonchev–Trinajstić information content (AvgIpc) is 3.08. The Kier molecular flexibility index (Phi) is 3.27. The minimum absolute atomic E-state index is 0.0386. The van der Waals surface area contributed by atoms with Gasteiger partial charge in [0, 0.05) is 25.6 Å². The van der Waals surface area contributed by atoms with Gasteiger partial charge in [0.25, 0.3) is 0 Å². The highest BCUT2D eigenvalue weighted by atomic mass is 16.5. The molecule has 3 fully saturated rings. The number of rotatable bonds is 5. The lowest BCUT2D eigenvalue weighted by atomic mass is 9.90. The number of nitrogens with zero attached hydrogens (tertiary/aromatic N) is 2. The number of methoxy groups -OCH3 is 1. The Hall–Kier alpha value is -0.940. The molecule has 3 atom stereocenters. The molecule has 4 rings (SSSR count). The molecule has 2 aliphatic heterocycles. The molecule has 20 heavy (non-hydrogen) atoms. The SMILES string of the molecule is COC(c1noc(CC2CC3CCC(C2)N3)n1)C1CC1. The molecule has 1 aromatic heterocycles. The largest absolute Gasteiger partial charge is 0.373 e. The summed E-state index contributed by atoms with van der Waals surface area (Å²) in [5, 5.41) is 7.82. The fourth-order valence-electron chi connectivity index (χ4n) is 3.96. The van der Waals surface area contributed by atoms with E-state index in [4.69, 9.17) is 9.26 Å². The molecule has 3 heterocycles. The number of ether oxygens (including phenoxy) is 1. The zero-order valence-electron chi connectivity index (χ0n) is 12.0. The Bertz CT molecular complexity index is 459. The third-order valence-electron chi connectivity index (χ3n) is 5.08. The molecule has 1 N–H and O–H groups in total. The summed E-state index contributed by atoms with van der Waals surface area (Å²) in [6, 6.07) is 1.44. The van der Waals surface area contributed by atoms with Crippen LogP contribution in [0.4, 0.5) is 0 Å². The number of piperidine rings is 1. The summed E-state index contributed by atoms with van der Waals surface area (Å²) in [7, 11) is 1.74. The van der Waals surface area contributed by atoms with Gasteiger partial charge in [-0.25, -0.2) is 0 Å². The van der Waals surface area contributed by atoms with Crippen molar-refractivity contribution in [1.29, 1.82) is 0 Å². The number of aromatic nitrogens is 2. The smallest absolute Gasteiger partial charge is 0.227 e. The monoisotopic (exact) mass is 277 g/mol. The summed E-state index contributed by atoms with van der Waals surface area (Å²) in [6.45, 7) is 0. The first-order valence-electron chi connectivity index (χ1n) is 7.93. The van der Waals surface area contributed by atoms with Crippen molar-refractivity contribution in [2.24, 2.45) is 11.8 Å². The maximum Gasteiger partial charge on any atom is 0.227 e. The van der Waals surface area contributed by atoms with E-state index in [1.54, 1.807) is 7.11 Å². The summed E-state index contributed by atoms with van der Waals surface area (Å²) >= 11 is 0. The second kappa shape index (κ2) is 5.11. The van der Waals surface area contributed by atoms with Gasteiger partial charge in [0.2, 0.25) is 11.7 Å². The fraction of sp³-hybridized carbons (Fsp3) is 0.867. The molecular weight excluding hydrogens is 254 g/mol. The van der Waals surface area contributed by atoms with E-state index in [0.29, 0.717) is 11.8 Å². The molecule has 1 aliphatic carbocycles. The van der Waals surface area contributed by atoms with Gasteiger partial charge < -0.3 is 14.6 Å². The normalized spacial score (nSPS) is 34.4. The van der Waals surface area contributed by atoms with Gasteiger partial charge in [0.1, 0.15) is 6.10 Å². The Balaban J connectivity index is 1.40. The molecule has 3 aliphatic rings. The van der Waals surface area contributed by atoms with Gasteiger partial charge >= 0.3 is 0 Å². The molecule has 110 valence electrons. The maximum atomic E-state index is 5.51. The van der Waals surface area contributed by atoms with Crippen LogP contribution in [0.25, 0.3) is 0 Å². The predicted molar refractivity (Wildman–Crippen MR) is 73.1 cm³/mol. The highest BCUT2D eigenvalue weighted by Crippen LogP contribution is 2.42. The number of nitrogens with one attached hydrogen (secondary N) is 1. The summed E-state index contributed by atoms with van der Waals surface area (Å²) in [4.78, 5) is 4.58. The molecule has 2 saturated heterocycles. The van der Waals surface area contributed by atoms with E-state index >= 15 is 0 Å². The zero-order valence-corrected chi connectivity index (χ0v) is 12.0. The van der Waals surface area contributed by atoms with Crippen molar-refractivity contribution in [2.75, 3.05) is 7.11 Å². The number of hydrogen-bond donors (Lipinski definition) is 1. The number of fused-ring (bicyclic) bond motifs is 2. The molecule has 3 unspecified atom stereocenters. The summed E-state index contributed by atoms with van der Waals surface area (Å²) in [5.74, 6) is 2.85. The van der Waals surface area contributed by atoms with E-state index in [1.165, 1.54) is 38.5 Å². The van der Waals surface area contributed by atoms with Gasteiger partial charge in [0.15, 0.2) is 0 Å². The fourth-order valence-corrected chi connectivity index (χ4v) is 3.96. The van der Waals surface area contributed by atoms with E-state index in [-0.39, 0.29) is 6.10 Å². The lowest BCUT2D eigenvalue weighted by molar-refractivity contribution is 0.0751. The standard InChI is InChI=1S/C15H23N3O2/c1-19-14(10-2-3-10)15-17-13(20-18-15)8-9-6-11-4-5-12(7-9)16-11/h9-12,14,16H,2-8H2,1H3. The van der Waals surface area contributed by atoms with Crippen LogP contribution in [-0.4, -0.2) is 29.3 Å². The molecule has 0 amide bonds. The van der Waals surface area contributed by atoms with Crippen LogP contribution in [-0.2, 0) is 11.2 Å². The first-order valence-corrected chi connectivity index (χ1v) is 7.93. The van der Waals surface area contributed by atoms with Gasteiger partial charge in [-0.05, 0) is 50.4 Å². The van der Waals surface area contributed by atoms with Crippen LogP contribution in [0.3, 0.4) is 0 Å². The first-order chi connectivity index (χ1) is 9.81. The minimum atomic E-state index is 0.0386. The summed E-state index contributed by atoms with van der Waals surface area (Å²) < 4.78 is 11.0. The van der Waals surface area contributed by atoms with Crippen LogP contribution in [0.1, 0.15) is 56.3 Å². The lowest BCUT2D eigenvalue weighted by Crippen LogP contribution is -2.38. The quantitative estimate of drug-likeness (QED) is 0.894. The van der Waals surface area contributed by atoms with Crippen molar-refractivity contribution >= 4 is 0 Å². The first kappa shape index (κ1) is 12.8. The van der Waals surface area contributed by atoms with Crippen LogP contribution in [0, 0.1) is 11.8 Å². The van der Waals surface area contributed by atoms with E-state index in [2.05, 4.69) is 15.5 Å². The van der Waals surface area contributed by atoms with Crippen LogP contribution in [0.2, 0.25) is 0 Å². The van der Waals surface area contributed by atoms with E-state index < -0.39 is 0 Å². The van der Waals surface area contributed by atoms with Crippen LogP contribution < -0.4 is 5.32 Å². The molecule has 0 spiro atoms. The summed E-state index contributed by atoms with van der Waals surface area (Å²) in [5.41, 5.74) is 0. The van der Waals surface area contributed by atoms with Gasteiger partial charge in [-0.3, -0.25) is 0 Å². The Morgan fingerprint density at radius 2 is 2.00 bits per heavy atom. The van der Waals surface area contributed by atoms with Gasteiger partial charge in [-0.2, -0.15) is 4.98 Å². The molecule has 0 aromatic carbocycles. The maximum absolute atomic E-state index is 5.51. The van der Waals surface area contributed by atoms with Gasteiger partial charge in [0.05, 0.1) is 0 Å². The Labute approximate surface area is 119 Å². The van der Waals surface area contributed by atoms with Gasteiger partial charge in [-0.15, -0.1) is 0 Å². The van der Waals surface area contributed by atoms with Crippen LogP contribution in [0.15, 0.2) is 4.52 Å². The Morgan fingerprint density at radius 1 is 1.25 bits per heavy atom. The van der Waals surface area contributed by atoms with Crippen molar-refractivity contribution in [2.45, 2.75) is 63.1 Å². The highest BCUT2D eigenvalue weighted by Gasteiger charge is 2.37. The topological polar surface area (TPSA) is 60.2 Å². The van der Waals surface area contributed by atoms with Crippen LogP contribution >= 0.6 is 0 Å². The molecular formula is C15H23N3O2. The van der Waals surface area contributed by atoms with Crippen LogP contribution in [0.5, 0.6) is 0 Å². The van der Waals surface area contributed by atoms with Gasteiger partial charge in [-0.1, -0.05) is 5.16 Å². The highest BCUT2D eigenvalue weighted by molar-refractivity contribution is 5.00. The van der Waals surface area contributed by atoms with Crippen molar-refractivity contribution in [3.8, 4) is 0 Å². The lowest BCUT2D eigenvalue weighted by Gasteiger charge is -2.28. The second-order valence-electron chi connectivity index (χ2n) is 6.72. The zero-order chi connectivity index (χ0) is 13.5. The molecule has 0 radical (unpaired) electrons. The molecule has 1 aromatic rings.